The Morgan fingerprint density at radius 1 is 0.970 bits per heavy atom. The van der Waals surface area contributed by atoms with Crippen molar-refractivity contribution < 1.29 is 28.5 Å². The Hall–Kier alpha value is -3.04. The lowest BCUT2D eigenvalue weighted by atomic mass is 10.2. The molecule has 0 fully saturated rings. The summed E-state index contributed by atoms with van der Waals surface area (Å²) in [5, 5.41) is 11.0. The number of Topliss-reactive ketones (excluding diaryl/α,β-unsaturated/α-hetero) is 1. The van der Waals surface area contributed by atoms with E-state index in [0.717, 1.165) is 0 Å². The second-order valence-electron chi connectivity index (χ2n) is 6.53. The standard InChI is InChI=1S/C22H25Cl2N3O6/c1-6-32-14-10-16(24)20(33-7-2)17(11-14)25-22(29)19(12(3)28)27-26-13-8-15(23)21(31-5)18(9-13)30-4/h8-11,19H,6-7H2,1-5H3,(H,25,29). The van der Waals surface area contributed by atoms with E-state index in [4.69, 9.17) is 42.1 Å². The highest BCUT2D eigenvalue weighted by Gasteiger charge is 2.25. The largest absolute Gasteiger partial charge is 0.494 e. The second kappa shape index (κ2) is 12.3. The predicted octanol–water partition coefficient (Wildman–Crippen LogP) is 5.49. The SMILES string of the molecule is CCOc1cc(Cl)c(OCC)c(NC(=O)C(N=Nc2cc(Cl)c(OC)c(OC)c2)C(C)=O)c1. The van der Waals surface area contributed by atoms with Crippen molar-refractivity contribution in [1.82, 2.24) is 0 Å². The number of benzene rings is 2. The molecule has 0 saturated carbocycles. The van der Waals surface area contributed by atoms with Crippen LogP contribution in [0.15, 0.2) is 34.5 Å². The third-order valence-corrected chi connectivity index (χ3v) is 4.78. The molecule has 1 N–H and O–H groups in total. The Morgan fingerprint density at radius 2 is 1.64 bits per heavy atom. The van der Waals surface area contributed by atoms with Gasteiger partial charge in [0.1, 0.15) is 5.75 Å². The maximum atomic E-state index is 12.9. The zero-order valence-electron chi connectivity index (χ0n) is 18.9. The minimum absolute atomic E-state index is 0.235. The van der Waals surface area contributed by atoms with Crippen LogP contribution in [0.2, 0.25) is 10.0 Å². The van der Waals surface area contributed by atoms with E-state index in [1.807, 2.05) is 6.92 Å². The lowest BCUT2D eigenvalue weighted by Crippen LogP contribution is -2.32. The van der Waals surface area contributed by atoms with Crippen LogP contribution in [0.25, 0.3) is 0 Å². The zero-order chi connectivity index (χ0) is 24.5. The highest BCUT2D eigenvalue weighted by molar-refractivity contribution is 6.33. The summed E-state index contributed by atoms with van der Waals surface area (Å²) < 4.78 is 21.4. The number of azo groups is 1. The summed E-state index contributed by atoms with van der Waals surface area (Å²) in [6, 6.07) is 4.69. The molecule has 1 unspecified atom stereocenters. The number of hydrogen-bond donors (Lipinski definition) is 1. The van der Waals surface area contributed by atoms with Crippen LogP contribution >= 0.6 is 23.2 Å². The van der Waals surface area contributed by atoms with E-state index in [-0.39, 0.29) is 27.2 Å². The molecule has 0 aliphatic carbocycles. The van der Waals surface area contributed by atoms with E-state index in [1.54, 1.807) is 19.1 Å². The third-order valence-electron chi connectivity index (χ3n) is 4.22. The van der Waals surface area contributed by atoms with Crippen LogP contribution in [0.5, 0.6) is 23.0 Å². The number of carbonyl (C=O) groups is 2. The number of amides is 1. The van der Waals surface area contributed by atoms with Crippen molar-refractivity contribution in [3.8, 4) is 23.0 Å². The van der Waals surface area contributed by atoms with Gasteiger partial charge in [-0.25, -0.2) is 0 Å². The number of methoxy groups -OCH3 is 2. The molecule has 33 heavy (non-hydrogen) atoms. The fraction of sp³-hybridized carbons (Fsp3) is 0.364. The first-order valence-corrected chi connectivity index (χ1v) is 10.7. The quantitative estimate of drug-likeness (QED) is 0.324. The van der Waals surface area contributed by atoms with Gasteiger partial charge in [-0.3, -0.25) is 9.59 Å². The van der Waals surface area contributed by atoms with Crippen molar-refractivity contribution in [3.63, 3.8) is 0 Å². The summed E-state index contributed by atoms with van der Waals surface area (Å²) in [4.78, 5) is 25.1. The summed E-state index contributed by atoms with van der Waals surface area (Å²) >= 11 is 12.5. The van der Waals surface area contributed by atoms with Crippen LogP contribution < -0.4 is 24.3 Å². The van der Waals surface area contributed by atoms with Crippen LogP contribution in [-0.2, 0) is 9.59 Å². The topological polar surface area (TPSA) is 108 Å². The highest BCUT2D eigenvalue weighted by atomic mass is 35.5. The van der Waals surface area contributed by atoms with Gasteiger partial charge < -0.3 is 24.3 Å². The van der Waals surface area contributed by atoms with Crippen LogP contribution in [0, 0.1) is 0 Å². The summed E-state index contributed by atoms with van der Waals surface area (Å²) in [5.74, 6) is 0.0976. The van der Waals surface area contributed by atoms with Gasteiger partial charge in [-0.05, 0) is 26.8 Å². The molecule has 0 aliphatic heterocycles. The second-order valence-corrected chi connectivity index (χ2v) is 7.34. The summed E-state index contributed by atoms with van der Waals surface area (Å²) in [5.41, 5.74) is 0.515. The van der Waals surface area contributed by atoms with Gasteiger partial charge in [-0.2, -0.15) is 10.2 Å². The van der Waals surface area contributed by atoms with Crippen LogP contribution in [0.3, 0.4) is 0 Å². The average Bonchev–Trinajstić information content (AvgIpc) is 2.75. The van der Waals surface area contributed by atoms with Crippen LogP contribution in [0.4, 0.5) is 11.4 Å². The number of nitrogens with zero attached hydrogens (tertiary/aromatic N) is 2. The lowest BCUT2D eigenvalue weighted by Gasteiger charge is -2.16. The lowest BCUT2D eigenvalue weighted by molar-refractivity contribution is -0.126. The van der Waals surface area contributed by atoms with Crippen molar-refractivity contribution >= 4 is 46.3 Å². The summed E-state index contributed by atoms with van der Waals surface area (Å²) in [6.45, 7) is 5.54. The first-order valence-electron chi connectivity index (χ1n) is 9.98. The van der Waals surface area contributed by atoms with Crippen molar-refractivity contribution in [3.05, 3.63) is 34.3 Å². The zero-order valence-corrected chi connectivity index (χ0v) is 20.4. The normalized spacial score (nSPS) is 11.7. The van der Waals surface area contributed by atoms with E-state index >= 15 is 0 Å². The number of nitrogens with one attached hydrogen (secondary N) is 1. The number of ketones is 1. The van der Waals surface area contributed by atoms with Gasteiger partial charge >= 0.3 is 0 Å². The van der Waals surface area contributed by atoms with Crippen molar-refractivity contribution in [2.24, 2.45) is 10.2 Å². The van der Waals surface area contributed by atoms with Gasteiger partial charge in [0.2, 0.25) is 6.04 Å². The molecule has 1 atom stereocenters. The van der Waals surface area contributed by atoms with Crippen molar-refractivity contribution in [2.75, 3.05) is 32.8 Å². The smallest absolute Gasteiger partial charge is 0.258 e. The molecular formula is C22H25Cl2N3O6. The Bertz CT molecular complexity index is 1050. The Balaban J connectivity index is 2.35. The van der Waals surface area contributed by atoms with E-state index in [9.17, 15) is 9.59 Å². The molecule has 0 saturated heterocycles. The van der Waals surface area contributed by atoms with Gasteiger partial charge in [-0.1, -0.05) is 23.2 Å². The molecule has 0 heterocycles. The molecule has 11 heteroatoms. The molecule has 0 bridgehead atoms. The maximum Gasteiger partial charge on any atom is 0.258 e. The van der Waals surface area contributed by atoms with Crippen LogP contribution in [-0.4, -0.2) is 45.2 Å². The Labute approximate surface area is 202 Å². The minimum atomic E-state index is -1.43. The van der Waals surface area contributed by atoms with E-state index in [0.29, 0.717) is 30.5 Å². The molecule has 9 nitrogen and oxygen atoms in total. The monoisotopic (exact) mass is 497 g/mol. The summed E-state index contributed by atoms with van der Waals surface area (Å²) in [7, 11) is 2.89. The predicted molar refractivity (Wildman–Crippen MR) is 126 cm³/mol. The fourth-order valence-corrected chi connectivity index (χ4v) is 3.35. The minimum Gasteiger partial charge on any atom is -0.494 e. The molecule has 0 spiro atoms. The highest BCUT2D eigenvalue weighted by Crippen LogP contribution is 2.39. The third kappa shape index (κ3) is 6.72. The van der Waals surface area contributed by atoms with Gasteiger partial charge in [0, 0.05) is 18.2 Å². The maximum absolute atomic E-state index is 12.9. The van der Waals surface area contributed by atoms with Crippen LogP contribution in [0.1, 0.15) is 20.8 Å². The molecule has 2 aromatic rings. The van der Waals surface area contributed by atoms with E-state index < -0.39 is 17.7 Å². The number of rotatable bonds is 11. The molecule has 178 valence electrons. The first-order chi connectivity index (χ1) is 15.7. The molecule has 1 amide bonds. The van der Waals surface area contributed by atoms with Gasteiger partial charge in [0.05, 0.1) is 48.9 Å². The number of carbonyl (C=O) groups excluding carboxylic acids is 2. The molecule has 0 aromatic heterocycles. The first kappa shape index (κ1) is 26.2. The summed E-state index contributed by atoms with van der Waals surface area (Å²) in [6.07, 6.45) is 0. The molecule has 2 rings (SSSR count). The van der Waals surface area contributed by atoms with Crippen molar-refractivity contribution in [1.29, 1.82) is 0 Å². The molecule has 2 aromatic carbocycles. The molecule has 0 aliphatic rings. The fourth-order valence-electron chi connectivity index (χ4n) is 2.81. The average molecular weight is 498 g/mol. The van der Waals surface area contributed by atoms with Gasteiger partial charge in [0.15, 0.2) is 23.0 Å². The van der Waals surface area contributed by atoms with E-state index in [2.05, 4.69) is 15.5 Å². The van der Waals surface area contributed by atoms with Crippen molar-refractivity contribution in [2.45, 2.75) is 26.8 Å². The molecule has 0 radical (unpaired) electrons. The number of halogens is 2. The number of anilines is 1. The van der Waals surface area contributed by atoms with E-state index in [1.165, 1.54) is 33.3 Å². The van der Waals surface area contributed by atoms with Gasteiger partial charge in [0.25, 0.3) is 5.91 Å². The van der Waals surface area contributed by atoms with Gasteiger partial charge in [-0.15, -0.1) is 0 Å². The number of ether oxygens (including phenoxy) is 4. The Morgan fingerprint density at radius 3 is 2.21 bits per heavy atom. The Kier molecular flexibility index (Phi) is 9.74. The number of hydrogen-bond acceptors (Lipinski definition) is 8. The molecular weight excluding hydrogens is 473 g/mol.